The molecule has 1 fully saturated rings. The molecule has 152 valence electrons. The Morgan fingerprint density at radius 3 is 2.22 bits per heavy atom. The molecule has 1 aliphatic rings. The van der Waals surface area contributed by atoms with Crippen LogP contribution in [0.1, 0.15) is 26.2 Å². The summed E-state index contributed by atoms with van der Waals surface area (Å²) in [6.45, 7) is 4.70. The van der Waals surface area contributed by atoms with Gasteiger partial charge in [-0.1, -0.05) is 30.1 Å². The third-order valence-corrected chi connectivity index (χ3v) is 4.70. The summed E-state index contributed by atoms with van der Waals surface area (Å²) < 4.78 is 31.7. The van der Waals surface area contributed by atoms with Crippen molar-refractivity contribution in [3.8, 4) is 0 Å². The van der Waals surface area contributed by atoms with Gasteiger partial charge in [0.15, 0.2) is 0 Å². The van der Waals surface area contributed by atoms with Crippen molar-refractivity contribution in [1.29, 1.82) is 0 Å². The van der Waals surface area contributed by atoms with Gasteiger partial charge in [-0.25, -0.2) is 4.79 Å². The molecule has 1 aliphatic heterocycles. The van der Waals surface area contributed by atoms with Crippen LogP contribution in [0, 0.1) is 5.92 Å². The van der Waals surface area contributed by atoms with Gasteiger partial charge in [0.05, 0.1) is 10.0 Å². The normalized spacial score (nSPS) is 14.9. The van der Waals surface area contributed by atoms with Crippen molar-refractivity contribution < 1.29 is 27.9 Å². The maximum absolute atomic E-state index is 12.2. The smallest absolute Gasteiger partial charge is 0.475 e. The minimum Gasteiger partial charge on any atom is -0.475 e. The van der Waals surface area contributed by atoms with E-state index in [0.717, 1.165) is 38.2 Å². The molecule has 27 heavy (non-hydrogen) atoms. The van der Waals surface area contributed by atoms with E-state index in [-0.39, 0.29) is 5.91 Å². The molecule has 5 nitrogen and oxygen atoms in total. The molecule has 1 aromatic carbocycles. The fourth-order valence-corrected chi connectivity index (χ4v) is 2.81. The molecule has 10 heteroatoms. The lowest BCUT2D eigenvalue weighted by Gasteiger charge is -2.30. The zero-order valence-corrected chi connectivity index (χ0v) is 16.2. The lowest BCUT2D eigenvalue weighted by molar-refractivity contribution is -0.192. The highest BCUT2D eigenvalue weighted by atomic mass is 35.5. The zero-order chi connectivity index (χ0) is 20.6. The number of carbonyl (C=O) groups is 2. The minimum absolute atomic E-state index is 0.127. The van der Waals surface area contributed by atoms with E-state index in [1.807, 2.05) is 17.9 Å². The molecular weight excluding hydrogens is 408 g/mol. The number of carboxylic acids is 1. The van der Waals surface area contributed by atoms with Gasteiger partial charge < -0.3 is 15.3 Å². The van der Waals surface area contributed by atoms with Crippen LogP contribution in [-0.4, -0.2) is 42.8 Å². The van der Waals surface area contributed by atoms with Gasteiger partial charge >= 0.3 is 12.1 Å². The van der Waals surface area contributed by atoms with Crippen LogP contribution in [0.5, 0.6) is 0 Å². The summed E-state index contributed by atoms with van der Waals surface area (Å²) >= 11 is 12.0. The summed E-state index contributed by atoms with van der Waals surface area (Å²) in [5.74, 6) is -2.09. The summed E-state index contributed by atoms with van der Waals surface area (Å²) in [4.78, 5) is 23.0. The second kappa shape index (κ2) is 10.7. The van der Waals surface area contributed by atoms with Crippen molar-refractivity contribution in [2.45, 2.75) is 32.4 Å². The molecule has 0 aromatic heterocycles. The molecule has 1 heterocycles. The molecular formula is C17H21Cl2F3N2O3. The molecule has 2 N–H and O–H groups in total. The highest BCUT2D eigenvalue weighted by Gasteiger charge is 2.38. The fourth-order valence-electron chi connectivity index (χ4n) is 2.52. The molecule has 1 saturated heterocycles. The molecule has 0 aliphatic carbocycles. The Hall–Kier alpha value is -1.51. The van der Waals surface area contributed by atoms with Gasteiger partial charge in [-0.3, -0.25) is 4.79 Å². The predicted molar refractivity (Wildman–Crippen MR) is 98.4 cm³/mol. The monoisotopic (exact) mass is 428 g/mol. The van der Waals surface area contributed by atoms with Crippen molar-refractivity contribution >= 4 is 40.8 Å². The highest BCUT2D eigenvalue weighted by Crippen LogP contribution is 2.29. The Morgan fingerprint density at radius 2 is 1.78 bits per heavy atom. The van der Waals surface area contributed by atoms with Crippen LogP contribution >= 0.6 is 23.2 Å². The van der Waals surface area contributed by atoms with Crippen molar-refractivity contribution in [3.05, 3.63) is 28.2 Å². The Labute approximate surface area is 165 Å². The van der Waals surface area contributed by atoms with E-state index in [0.29, 0.717) is 22.4 Å². The maximum Gasteiger partial charge on any atom is 0.490 e. The van der Waals surface area contributed by atoms with Crippen LogP contribution in [0.25, 0.3) is 0 Å². The first-order valence-electron chi connectivity index (χ1n) is 8.32. The molecule has 0 atom stereocenters. The number of nitrogens with zero attached hydrogens (tertiary/aromatic N) is 1. The maximum atomic E-state index is 12.2. The molecule has 0 unspecified atom stereocenters. The Kier molecular flexibility index (Phi) is 9.35. The third-order valence-electron chi connectivity index (χ3n) is 3.96. The van der Waals surface area contributed by atoms with Crippen molar-refractivity contribution in [1.82, 2.24) is 5.32 Å². The van der Waals surface area contributed by atoms with Crippen LogP contribution in [0.4, 0.5) is 18.9 Å². The third kappa shape index (κ3) is 7.94. The van der Waals surface area contributed by atoms with Crippen LogP contribution in [0.2, 0.25) is 10.0 Å². The first kappa shape index (κ1) is 23.5. The fraction of sp³-hybridized carbons (Fsp3) is 0.529. The summed E-state index contributed by atoms with van der Waals surface area (Å²) in [5.41, 5.74) is 0.838. The Balaban J connectivity index is 0.000000445. The molecule has 1 amide bonds. The second-order valence-electron chi connectivity index (χ2n) is 5.95. The van der Waals surface area contributed by atoms with Gasteiger partial charge in [-0.15, -0.1) is 0 Å². The van der Waals surface area contributed by atoms with Gasteiger partial charge in [0.2, 0.25) is 5.91 Å². The summed E-state index contributed by atoms with van der Waals surface area (Å²) in [5, 5.41) is 11.5. The first-order chi connectivity index (χ1) is 12.6. The van der Waals surface area contributed by atoms with Crippen molar-refractivity contribution in [2.75, 3.05) is 24.5 Å². The molecule has 0 bridgehead atoms. The van der Waals surface area contributed by atoms with E-state index >= 15 is 0 Å². The number of rotatable bonds is 4. The molecule has 0 radical (unpaired) electrons. The van der Waals surface area contributed by atoms with Gasteiger partial charge in [0, 0.05) is 18.7 Å². The number of alkyl halides is 3. The molecule has 2 rings (SSSR count). The van der Waals surface area contributed by atoms with E-state index in [4.69, 9.17) is 33.1 Å². The van der Waals surface area contributed by atoms with E-state index in [1.54, 1.807) is 12.1 Å². The van der Waals surface area contributed by atoms with E-state index in [9.17, 15) is 18.0 Å². The van der Waals surface area contributed by atoms with Crippen LogP contribution in [-0.2, 0) is 9.59 Å². The molecule has 0 saturated carbocycles. The highest BCUT2D eigenvalue weighted by molar-refractivity contribution is 6.42. The first-order valence-corrected chi connectivity index (χ1v) is 9.08. The van der Waals surface area contributed by atoms with Gasteiger partial charge in [-0.2, -0.15) is 13.2 Å². The number of benzene rings is 1. The van der Waals surface area contributed by atoms with Gasteiger partial charge in [0.1, 0.15) is 0 Å². The van der Waals surface area contributed by atoms with E-state index < -0.39 is 12.1 Å². The number of halogens is 5. The summed E-state index contributed by atoms with van der Waals surface area (Å²) in [7, 11) is 0. The van der Waals surface area contributed by atoms with Crippen LogP contribution < -0.4 is 10.2 Å². The lowest BCUT2D eigenvalue weighted by Crippen LogP contribution is -2.39. The van der Waals surface area contributed by atoms with E-state index in [2.05, 4.69) is 5.32 Å². The Bertz CT molecular complexity index is 651. The second-order valence-corrected chi connectivity index (χ2v) is 6.77. The number of aliphatic carboxylic acids is 1. The number of hydrogen-bond acceptors (Lipinski definition) is 3. The largest absolute Gasteiger partial charge is 0.490 e. The molecule has 1 aromatic rings. The number of carboxylic acid groups (broad SMARTS) is 1. The number of amides is 1. The number of hydrogen-bond donors (Lipinski definition) is 2. The average Bonchev–Trinajstić information content (AvgIpc) is 2.62. The quantitative estimate of drug-likeness (QED) is 0.746. The van der Waals surface area contributed by atoms with Gasteiger partial charge in [0.25, 0.3) is 0 Å². The number of anilines is 1. The standard InChI is InChI=1S/C15H20Cl2N2O.C2HF3O2/c1-2-15(20)19(10-11-5-7-18-8-6-11)12-3-4-13(16)14(17)9-12;3-2(4,5)1(6)7/h3-4,9,11,18H,2,5-8,10H2,1H3;(H,6,7). The lowest BCUT2D eigenvalue weighted by atomic mass is 9.97. The SMILES string of the molecule is CCC(=O)N(CC1CCNCC1)c1ccc(Cl)c(Cl)c1.O=C(O)C(F)(F)F. The van der Waals surface area contributed by atoms with Crippen molar-refractivity contribution in [2.24, 2.45) is 5.92 Å². The van der Waals surface area contributed by atoms with E-state index in [1.165, 1.54) is 0 Å². The minimum atomic E-state index is -5.08. The number of nitrogens with one attached hydrogen (secondary N) is 1. The number of piperidine rings is 1. The number of carbonyl (C=O) groups excluding carboxylic acids is 1. The van der Waals surface area contributed by atoms with Gasteiger partial charge in [-0.05, 0) is 50.0 Å². The summed E-state index contributed by atoms with van der Waals surface area (Å²) in [6, 6.07) is 5.39. The average molecular weight is 429 g/mol. The Morgan fingerprint density at radius 1 is 1.22 bits per heavy atom. The summed E-state index contributed by atoms with van der Waals surface area (Å²) in [6.07, 6.45) is -2.38. The topological polar surface area (TPSA) is 69.6 Å². The van der Waals surface area contributed by atoms with Crippen LogP contribution in [0.3, 0.4) is 0 Å². The molecule has 0 spiro atoms. The zero-order valence-electron chi connectivity index (χ0n) is 14.7. The van der Waals surface area contributed by atoms with Crippen molar-refractivity contribution in [3.63, 3.8) is 0 Å². The van der Waals surface area contributed by atoms with Crippen LogP contribution in [0.15, 0.2) is 18.2 Å². The predicted octanol–water partition coefficient (Wildman–Crippen LogP) is 4.37.